The molecular weight excluding hydrogens is 262 g/mol. The molecule has 2 N–H and O–H groups in total. The number of rotatable bonds is 4. The lowest BCUT2D eigenvalue weighted by molar-refractivity contribution is 0.0938. The summed E-state index contributed by atoms with van der Waals surface area (Å²) in [6, 6.07) is 9.93. The lowest BCUT2D eigenvalue weighted by Gasteiger charge is -2.12. The molecule has 1 amide bonds. The fourth-order valence-corrected chi connectivity index (χ4v) is 2.08. The van der Waals surface area contributed by atoms with Gasteiger partial charge in [-0.2, -0.15) is 0 Å². The number of hydrogen-bond donors (Lipinski definition) is 2. The molecule has 110 valence electrons. The van der Waals surface area contributed by atoms with Crippen LogP contribution in [0.1, 0.15) is 35.5 Å². The van der Waals surface area contributed by atoms with E-state index < -0.39 is 0 Å². The Morgan fingerprint density at radius 3 is 2.57 bits per heavy atom. The molecule has 0 saturated heterocycles. The highest BCUT2D eigenvalue weighted by atomic mass is 16.1. The first-order valence-electron chi connectivity index (χ1n) is 7.07. The van der Waals surface area contributed by atoms with Crippen molar-refractivity contribution < 1.29 is 4.79 Å². The van der Waals surface area contributed by atoms with Crippen LogP contribution in [0, 0.1) is 13.8 Å². The van der Waals surface area contributed by atoms with Gasteiger partial charge in [-0.05, 0) is 51.5 Å². The van der Waals surface area contributed by atoms with Crippen molar-refractivity contribution in [1.82, 2.24) is 10.3 Å². The van der Waals surface area contributed by atoms with E-state index in [0.717, 1.165) is 11.4 Å². The van der Waals surface area contributed by atoms with Crippen LogP contribution in [0.15, 0.2) is 36.5 Å². The second-order valence-electron chi connectivity index (χ2n) is 5.50. The molecule has 2 aromatic rings. The number of carbonyl (C=O) groups is 1. The molecule has 0 saturated carbocycles. The number of benzene rings is 1. The van der Waals surface area contributed by atoms with E-state index in [4.69, 9.17) is 0 Å². The van der Waals surface area contributed by atoms with E-state index in [1.54, 1.807) is 12.3 Å². The number of aryl methyl sites for hydroxylation is 2. The van der Waals surface area contributed by atoms with Crippen molar-refractivity contribution in [3.63, 3.8) is 0 Å². The zero-order chi connectivity index (χ0) is 15.4. The monoisotopic (exact) mass is 283 g/mol. The zero-order valence-corrected chi connectivity index (χ0v) is 12.9. The fourth-order valence-electron chi connectivity index (χ4n) is 2.08. The summed E-state index contributed by atoms with van der Waals surface area (Å²) in [7, 11) is 0. The molecule has 0 aliphatic carbocycles. The molecule has 21 heavy (non-hydrogen) atoms. The first-order chi connectivity index (χ1) is 9.95. The molecule has 0 fully saturated rings. The quantitative estimate of drug-likeness (QED) is 0.901. The number of pyridine rings is 1. The standard InChI is InChI=1S/C17H21N3O/c1-11(2)19-17(21)16-10-14(7-8-18-16)20-15-6-5-12(3)9-13(15)4/h5-11H,1-4H3,(H,18,20)(H,19,21). The third kappa shape index (κ3) is 4.05. The third-order valence-electron chi connectivity index (χ3n) is 3.07. The molecule has 4 nitrogen and oxygen atoms in total. The average molecular weight is 283 g/mol. The largest absolute Gasteiger partial charge is 0.355 e. The number of aromatic nitrogens is 1. The Kier molecular flexibility index (Phi) is 4.58. The van der Waals surface area contributed by atoms with E-state index in [0.29, 0.717) is 5.69 Å². The normalized spacial score (nSPS) is 10.5. The lowest BCUT2D eigenvalue weighted by atomic mass is 10.1. The first kappa shape index (κ1) is 15.0. The summed E-state index contributed by atoms with van der Waals surface area (Å²) in [4.78, 5) is 16.1. The Bertz CT molecular complexity index is 650. The number of hydrogen-bond acceptors (Lipinski definition) is 3. The van der Waals surface area contributed by atoms with Crippen LogP contribution in [0.3, 0.4) is 0 Å². The van der Waals surface area contributed by atoms with Crippen molar-refractivity contribution in [3.8, 4) is 0 Å². The van der Waals surface area contributed by atoms with E-state index in [9.17, 15) is 4.79 Å². The Hall–Kier alpha value is -2.36. The van der Waals surface area contributed by atoms with Gasteiger partial charge in [0.15, 0.2) is 0 Å². The lowest BCUT2D eigenvalue weighted by Crippen LogP contribution is -2.30. The number of carbonyl (C=O) groups excluding carboxylic acids is 1. The molecule has 4 heteroatoms. The van der Waals surface area contributed by atoms with Gasteiger partial charge in [-0.15, -0.1) is 0 Å². The topological polar surface area (TPSA) is 54.0 Å². The summed E-state index contributed by atoms with van der Waals surface area (Å²) in [6.07, 6.45) is 1.64. The van der Waals surface area contributed by atoms with Gasteiger partial charge in [0.2, 0.25) is 0 Å². The molecule has 0 radical (unpaired) electrons. The Morgan fingerprint density at radius 1 is 1.14 bits per heavy atom. The van der Waals surface area contributed by atoms with Gasteiger partial charge in [-0.25, -0.2) is 0 Å². The average Bonchev–Trinajstić information content (AvgIpc) is 2.41. The predicted octanol–water partition coefficient (Wildman–Crippen LogP) is 3.58. The molecular formula is C17H21N3O. The van der Waals surface area contributed by atoms with Crippen molar-refractivity contribution in [1.29, 1.82) is 0 Å². The van der Waals surface area contributed by atoms with Gasteiger partial charge in [0.25, 0.3) is 5.91 Å². The Balaban J connectivity index is 2.19. The summed E-state index contributed by atoms with van der Waals surface area (Å²) in [6.45, 7) is 7.98. The first-order valence-corrected chi connectivity index (χ1v) is 7.07. The summed E-state index contributed by atoms with van der Waals surface area (Å²) in [5.41, 5.74) is 4.69. The van der Waals surface area contributed by atoms with E-state index in [1.807, 2.05) is 26.0 Å². The van der Waals surface area contributed by atoms with Crippen LogP contribution in [-0.2, 0) is 0 Å². The van der Waals surface area contributed by atoms with Crippen LogP contribution in [0.5, 0.6) is 0 Å². The zero-order valence-electron chi connectivity index (χ0n) is 12.9. The third-order valence-corrected chi connectivity index (χ3v) is 3.07. The van der Waals surface area contributed by atoms with Crippen LogP contribution in [0.2, 0.25) is 0 Å². The van der Waals surface area contributed by atoms with Crippen LogP contribution in [-0.4, -0.2) is 16.9 Å². The maximum atomic E-state index is 12.0. The predicted molar refractivity (Wildman–Crippen MR) is 86.0 cm³/mol. The van der Waals surface area contributed by atoms with Crippen molar-refractivity contribution in [2.75, 3.05) is 5.32 Å². The van der Waals surface area contributed by atoms with Crippen molar-refractivity contribution in [3.05, 3.63) is 53.3 Å². The molecule has 0 aliphatic rings. The molecule has 1 aromatic carbocycles. The van der Waals surface area contributed by atoms with Crippen molar-refractivity contribution in [2.24, 2.45) is 0 Å². The molecule has 1 heterocycles. The summed E-state index contributed by atoms with van der Waals surface area (Å²) < 4.78 is 0. The van der Waals surface area contributed by atoms with Crippen LogP contribution in [0.4, 0.5) is 11.4 Å². The van der Waals surface area contributed by atoms with Crippen LogP contribution in [0.25, 0.3) is 0 Å². The SMILES string of the molecule is Cc1ccc(Nc2ccnc(C(=O)NC(C)C)c2)c(C)c1. The van der Waals surface area contributed by atoms with Crippen LogP contribution < -0.4 is 10.6 Å². The Labute approximate surface area is 125 Å². The highest BCUT2D eigenvalue weighted by molar-refractivity contribution is 5.93. The second-order valence-corrected chi connectivity index (χ2v) is 5.50. The Morgan fingerprint density at radius 2 is 1.90 bits per heavy atom. The molecule has 0 bridgehead atoms. The molecule has 0 aliphatic heterocycles. The van der Waals surface area contributed by atoms with Crippen LogP contribution >= 0.6 is 0 Å². The highest BCUT2D eigenvalue weighted by Crippen LogP contribution is 2.21. The minimum absolute atomic E-state index is 0.0928. The molecule has 0 unspecified atom stereocenters. The smallest absolute Gasteiger partial charge is 0.270 e. The summed E-state index contributed by atoms with van der Waals surface area (Å²) in [5.74, 6) is -0.158. The van der Waals surface area contributed by atoms with Gasteiger partial charge in [0, 0.05) is 23.6 Å². The number of anilines is 2. The van der Waals surface area contributed by atoms with Crippen molar-refractivity contribution >= 4 is 17.3 Å². The van der Waals surface area contributed by atoms with Gasteiger partial charge in [-0.3, -0.25) is 9.78 Å². The highest BCUT2D eigenvalue weighted by Gasteiger charge is 2.09. The summed E-state index contributed by atoms with van der Waals surface area (Å²) in [5, 5.41) is 6.17. The molecule has 0 spiro atoms. The van der Waals surface area contributed by atoms with Gasteiger partial charge in [-0.1, -0.05) is 17.7 Å². The minimum Gasteiger partial charge on any atom is -0.355 e. The molecule has 0 atom stereocenters. The van der Waals surface area contributed by atoms with E-state index in [1.165, 1.54) is 11.1 Å². The summed E-state index contributed by atoms with van der Waals surface area (Å²) >= 11 is 0. The van der Waals surface area contributed by atoms with Gasteiger partial charge >= 0.3 is 0 Å². The van der Waals surface area contributed by atoms with E-state index in [-0.39, 0.29) is 11.9 Å². The van der Waals surface area contributed by atoms with Gasteiger partial charge in [0.05, 0.1) is 0 Å². The van der Waals surface area contributed by atoms with Crippen molar-refractivity contribution in [2.45, 2.75) is 33.7 Å². The molecule has 2 rings (SSSR count). The van der Waals surface area contributed by atoms with E-state index >= 15 is 0 Å². The fraction of sp³-hybridized carbons (Fsp3) is 0.294. The molecule has 1 aromatic heterocycles. The minimum atomic E-state index is -0.158. The second kappa shape index (κ2) is 6.39. The van der Waals surface area contributed by atoms with Gasteiger partial charge < -0.3 is 10.6 Å². The maximum Gasteiger partial charge on any atom is 0.270 e. The van der Waals surface area contributed by atoms with E-state index in [2.05, 4.69) is 41.6 Å². The number of amides is 1. The number of nitrogens with zero attached hydrogens (tertiary/aromatic N) is 1. The van der Waals surface area contributed by atoms with Gasteiger partial charge in [0.1, 0.15) is 5.69 Å². The number of nitrogens with one attached hydrogen (secondary N) is 2. The maximum absolute atomic E-state index is 12.0.